The molecule has 0 spiro atoms. The third-order valence-corrected chi connectivity index (χ3v) is 13.6. The van der Waals surface area contributed by atoms with Gasteiger partial charge in [-0.1, -0.05) is 84.0 Å². The van der Waals surface area contributed by atoms with Gasteiger partial charge in [0, 0.05) is 0 Å². The molecule has 3 rings (SSSR count). The summed E-state index contributed by atoms with van der Waals surface area (Å²) in [5, 5.41) is 1.96. The Morgan fingerprint density at radius 1 is 0.838 bits per heavy atom. The fourth-order valence-electron chi connectivity index (χ4n) is 3.31. The standard InChI is InChI=1S/C28H39NO5SSi2/c1-26(2,3)36(7)33-28(34-37(8)27(4,5)6,32-22-12-10-9-11-13-22)19-21-16-14-20(15-17-21)18-23-24(30)29-25(31)35-23/h9-18,36-37H,19H2,1-8H3,(H,29,30,31). The van der Waals surface area contributed by atoms with E-state index in [1.807, 2.05) is 54.6 Å². The molecule has 0 saturated carbocycles. The van der Waals surface area contributed by atoms with E-state index in [0.717, 1.165) is 22.9 Å². The first-order valence-corrected chi connectivity index (χ1v) is 17.8. The zero-order chi connectivity index (χ0) is 27.4. The van der Waals surface area contributed by atoms with Crippen LogP contribution in [0.2, 0.25) is 23.2 Å². The van der Waals surface area contributed by atoms with Crippen LogP contribution >= 0.6 is 11.8 Å². The van der Waals surface area contributed by atoms with Gasteiger partial charge in [0.2, 0.25) is 0 Å². The lowest BCUT2D eigenvalue weighted by Crippen LogP contribution is -2.53. The molecule has 0 radical (unpaired) electrons. The maximum absolute atomic E-state index is 11.9. The van der Waals surface area contributed by atoms with E-state index < -0.39 is 24.1 Å². The van der Waals surface area contributed by atoms with Gasteiger partial charge < -0.3 is 13.6 Å². The minimum Gasteiger partial charge on any atom is -0.440 e. The van der Waals surface area contributed by atoms with E-state index in [2.05, 4.69) is 60.0 Å². The Morgan fingerprint density at radius 2 is 1.38 bits per heavy atom. The van der Waals surface area contributed by atoms with Gasteiger partial charge in [-0.15, -0.1) is 0 Å². The first kappa shape index (κ1) is 29.4. The summed E-state index contributed by atoms with van der Waals surface area (Å²) in [6.07, 6.45) is 2.13. The second kappa shape index (κ2) is 11.7. The number of nitrogens with one attached hydrogen (secondary N) is 1. The molecule has 2 aromatic rings. The smallest absolute Gasteiger partial charge is 0.311 e. The van der Waals surface area contributed by atoms with Gasteiger partial charge in [-0.25, -0.2) is 0 Å². The van der Waals surface area contributed by atoms with Crippen molar-refractivity contribution in [2.75, 3.05) is 0 Å². The molecule has 9 heteroatoms. The number of para-hydroxylation sites is 1. The van der Waals surface area contributed by atoms with E-state index in [-0.39, 0.29) is 21.2 Å². The number of amides is 2. The normalized spacial score (nSPS) is 18.9. The van der Waals surface area contributed by atoms with Crippen molar-refractivity contribution in [3.05, 3.63) is 70.6 Å². The van der Waals surface area contributed by atoms with Gasteiger partial charge in [-0.05, 0) is 64.3 Å². The molecule has 0 aromatic heterocycles. The van der Waals surface area contributed by atoms with E-state index >= 15 is 0 Å². The van der Waals surface area contributed by atoms with Crippen LogP contribution in [-0.4, -0.2) is 35.2 Å². The molecule has 2 aromatic carbocycles. The predicted octanol–water partition coefficient (Wildman–Crippen LogP) is 6.63. The van der Waals surface area contributed by atoms with Gasteiger partial charge in [0.25, 0.3) is 11.1 Å². The highest BCUT2D eigenvalue weighted by atomic mass is 32.2. The zero-order valence-electron chi connectivity index (χ0n) is 23.1. The summed E-state index contributed by atoms with van der Waals surface area (Å²) < 4.78 is 20.3. The molecule has 1 fully saturated rings. The number of imide groups is 1. The van der Waals surface area contributed by atoms with Gasteiger partial charge in [0.1, 0.15) is 5.75 Å². The van der Waals surface area contributed by atoms with Gasteiger partial charge >= 0.3 is 5.97 Å². The quantitative estimate of drug-likeness (QED) is 0.212. The average molecular weight is 558 g/mol. The van der Waals surface area contributed by atoms with Crippen molar-refractivity contribution in [3.63, 3.8) is 0 Å². The minimum atomic E-state index is -1.77. The van der Waals surface area contributed by atoms with E-state index in [1.54, 1.807) is 6.08 Å². The monoisotopic (exact) mass is 557 g/mol. The number of carbonyl (C=O) groups is 2. The zero-order valence-corrected chi connectivity index (χ0v) is 26.2. The van der Waals surface area contributed by atoms with Crippen molar-refractivity contribution in [3.8, 4) is 5.75 Å². The Kier molecular flexibility index (Phi) is 9.29. The molecule has 6 nitrogen and oxygen atoms in total. The maximum Gasteiger partial charge on any atom is 0.311 e. The summed E-state index contributed by atoms with van der Waals surface area (Å²) >= 11 is 0.913. The molecular formula is C28H39NO5SSi2. The van der Waals surface area contributed by atoms with E-state index in [9.17, 15) is 9.59 Å². The number of thioether (sulfide) groups is 1. The van der Waals surface area contributed by atoms with E-state index in [0.29, 0.717) is 17.1 Å². The highest BCUT2D eigenvalue weighted by molar-refractivity contribution is 8.18. The van der Waals surface area contributed by atoms with E-state index in [1.165, 1.54) is 0 Å². The lowest BCUT2D eigenvalue weighted by Gasteiger charge is -2.43. The summed E-state index contributed by atoms with van der Waals surface area (Å²) in [6, 6.07) is 17.5. The van der Waals surface area contributed by atoms with Crippen LogP contribution in [-0.2, 0) is 20.1 Å². The van der Waals surface area contributed by atoms with Crippen molar-refractivity contribution in [2.45, 2.75) is 77.1 Å². The molecule has 1 N–H and O–H groups in total. The van der Waals surface area contributed by atoms with Crippen LogP contribution in [0.3, 0.4) is 0 Å². The third-order valence-electron chi connectivity index (χ3n) is 6.51. The summed E-state index contributed by atoms with van der Waals surface area (Å²) in [5.41, 5.74) is 1.82. The second-order valence-corrected chi connectivity index (χ2v) is 19.1. The van der Waals surface area contributed by atoms with Gasteiger partial charge in [0.05, 0.1) is 11.3 Å². The number of carbonyl (C=O) groups excluding carboxylic acids is 2. The van der Waals surface area contributed by atoms with Crippen LogP contribution in [0.15, 0.2) is 59.5 Å². The summed E-state index contributed by atoms with van der Waals surface area (Å²) in [5.74, 6) is -0.923. The highest BCUT2D eigenvalue weighted by Crippen LogP contribution is 2.37. The number of rotatable bonds is 9. The maximum atomic E-state index is 11.9. The Balaban J connectivity index is 1.97. The fourth-order valence-corrected chi connectivity index (χ4v) is 6.26. The average Bonchev–Trinajstić information content (AvgIpc) is 3.10. The largest absolute Gasteiger partial charge is 0.440 e. The molecule has 2 amide bonds. The van der Waals surface area contributed by atoms with Crippen molar-refractivity contribution in [1.82, 2.24) is 5.32 Å². The Morgan fingerprint density at radius 3 is 1.84 bits per heavy atom. The van der Waals surface area contributed by atoms with Crippen molar-refractivity contribution < 1.29 is 23.2 Å². The molecule has 2 atom stereocenters. The number of hydrogen-bond donors (Lipinski definition) is 1. The number of benzene rings is 2. The van der Waals surface area contributed by atoms with Crippen molar-refractivity contribution in [2.24, 2.45) is 0 Å². The van der Waals surface area contributed by atoms with Crippen molar-refractivity contribution in [1.29, 1.82) is 0 Å². The number of ether oxygens (including phenoxy) is 1. The Bertz CT molecular complexity index is 1100. The minimum absolute atomic E-state index is 0.00812. The fraction of sp³-hybridized carbons (Fsp3) is 0.429. The first-order chi connectivity index (χ1) is 17.2. The molecule has 1 heterocycles. The van der Waals surface area contributed by atoms with Crippen LogP contribution in [0.5, 0.6) is 5.75 Å². The van der Waals surface area contributed by atoms with E-state index in [4.69, 9.17) is 13.6 Å². The van der Waals surface area contributed by atoms with Crippen LogP contribution in [0.1, 0.15) is 52.7 Å². The third kappa shape index (κ3) is 8.41. The molecule has 1 saturated heterocycles. The summed E-state index contributed by atoms with van der Waals surface area (Å²) in [7, 11) is -3.54. The van der Waals surface area contributed by atoms with Crippen molar-refractivity contribution >= 4 is 47.1 Å². The molecule has 0 aliphatic carbocycles. The van der Waals surface area contributed by atoms with Crippen LogP contribution < -0.4 is 10.1 Å². The topological polar surface area (TPSA) is 73.9 Å². The molecule has 1 aliphatic rings. The first-order valence-electron chi connectivity index (χ1n) is 12.6. The molecule has 1 aliphatic heterocycles. The lowest BCUT2D eigenvalue weighted by molar-refractivity contribution is -0.260. The van der Waals surface area contributed by atoms with Gasteiger partial charge in [-0.3, -0.25) is 14.9 Å². The van der Waals surface area contributed by atoms with Gasteiger partial charge in [-0.2, -0.15) is 0 Å². The Labute approximate surface area is 228 Å². The molecule has 2 unspecified atom stereocenters. The lowest BCUT2D eigenvalue weighted by atomic mass is 10.1. The molecule has 37 heavy (non-hydrogen) atoms. The predicted molar refractivity (Wildman–Crippen MR) is 157 cm³/mol. The molecule has 200 valence electrons. The summed E-state index contributed by atoms with van der Waals surface area (Å²) in [4.78, 5) is 23.8. The molecular weight excluding hydrogens is 519 g/mol. The second-order valence-electron chi connectivity index (χ2n) is 11.6. The Hall–Kier alpha value is -2.18. The van der Waals surface area contributed by atoms with Gasteiger partial charge in [0.15, 0.2) is 18.1 Å². The van der Waals surface area contributed by atoms with Crippen LogP contribution in [0, 0.1) is 0 Å². The summed E-state index contributed by atoms with van der Waals surface area (Å²) in [6.45, 7) is 17.6. The van der Waals surface area contributed by atoms with Crippen LogP contribution in [0.25, 0.3) is 6.08 Å². The number of hydrogen-bond acceptors (Lipinski definition) is 6. The SMILES string of the molecule is C[SiH](OC(Cc1ccc(C=C2SC(=O)NC2=O)cc1)(Oc1ccccc1)O[SiH](C)C(C)(C)C)C(C)(C)C. The highest BCUT2D eigenvalue weighted by Gasteiger charge is 2.43. The molecule has 0 bridgehead atoms. The van der Waals surface area contributed by atoms with Crippen LogP contribution in [0.4, 0.5) is 4.79 Å².